The summed E-state index contributed by atoms with van der Waals surface area (Å²) in [7, 11) is 0. The van der Waals surface area contributed by atoms with Crippen LogP contribution in [0.4, 0.5) is 0 Å². The van der Waals surface area contributed by atoms with E-state index in [1.807, 2.05) is 35.8 Å². The summed E-state index contributed by atoms with van der Waals surface area (Å²) in [5, 5.41) is 9.65. The summed E-state index contributed by atoms with van der Waals surface area (Å²) in [6.07, 6.45) is 4.18. The third-order valence-corrected chi connectivity index (χ3v) is 6.11. The monoisotopic (exact) mass is 428 g/mol. The van der Waals surface area contributed by atoms with E-state index in [1.165, 1.54) is 0 Å². The van der Waals surface area contributed by atoms with Gasteiger partial charge in [0.2, 0.25) is 0 Å². The Morgan fingerprint density at radius 1 is 1.10 bits per heavy atom. The molecule has 0 aliphatic carbocycles. The zero-order valence-electron chi connectivity index (χ0n) is 16.8. The minimum atomic E-state index is 0.0910. The fourth-order valence-electron chi connectivity index (χ4n) is 3.69. The minimum Gasteiger partial charge on any atom is -0.489 e. The average Bonchev–Trinajstić information content (AvgIpc) is 3.28. The first-order chi connectivity index (χ1) is 15.3. The number of hydrogen-bond acceptors (Lipinski definition) is 7. The Kier molecular flexibility index (Phi) is 5.57. The maximum absolute atomic E-state index is 9.65. The number of hydrogen-bond donors (Lipinski definition) is 0. The van der Waals surface area contributed by atoms with E-state index in [-0.39, 0.29) is 6.10 Å². The lowest BCUT2D eigenvalue weighted by Gasteiger charge is -2.23. The van der Waals surface area contributed by atoms with Crippen LogP contribution in [0.5, 0.6) is 5.75 Å². The summed E-state index contributed by atoms with van der Waals surface area (Å²) in [5.41, 5.74) is 6.19. The molecule has 1 aliphatic heterocycles. The molecule has 0 spiro atoms. The van der Waals surface area contributed by atoms with Crippen molar-refractivity contribution in [2.45, 2.75) is 25.4 Å². The Morgan fingerprint density at radius 2 is 2.00 bits per heavy atom. The maximum Gasteiger partial charge on any atom is 0.137 e. The van der Waals surface area contributed by atoms with Crippen molar-refractivity contribution in [2.24, 2.45) is 0 Å². The molecule has 3 heterocycles. The van der Waals surface area contributed by atoms with E-state index in [9.17, 15) is 5.26 Å². The molecule has 6 nitrogen and oxygen atoms in total. The molecular weight excluding hydrogens is 408 g/mol. The molecule has 2 aromatic heterocycles. The van der Waals surface area contributed by atoms with Crippen LogP contribution in [0.2, 0.25) is 0 Å². The highest BCUT2D eigenvalue weighted by Crippen LogP contribution is 2.28. The van der Waals surface area contributed by atoms with Crippen molar-refractivity contribution in [3.8, 4) is 23.1 Å². The molecule has 0 bridgehead atoms. The molecule has 0 saturated carbocycles. The second-order valence-corrected chi connectivity index (χ2v) is 8.33. The quantitative estimate of drug-likeness (QED) is 0.455. The molecular formula is C24H20N4O2S. The number of nitrogens with zero attached hydrogens (tertiary/aromatic N) is 4. The molecule has 1 fully saturated rings. The van der Waals surface area contributed by atoms with Crippen LogP contribution in [0, 0.1) is 11.3 Å². The molecule has 0 unspecified atom stereocenters. The zero-order valence-corrected chi connectivity index (χ0v) is 17.6. The van der Waals surface area contributed by atoms with Crippen molar-refractivity contribution in [2.75, 3.05) is 13.2 Å². The predicted molar refractivity (Wildman–Crippen MR) is 119 cm³/mol. The molecule has 2 aromatic carbocycles. The summed E-state index contributed by atoms with van der Waals surface area (Å²) >= 11 is 1.63. The summed E-state index contributed by atoms with van der Waals surface area (Å²) in [5.74, 6) is 1.35. The van der Waals surface area contributed by atoms with Gasteiger partial charge >= 0.3 is 0 Å². The SMILES string of the molecule is N#Cc1cc(-c2ccnc(Cc3ccc4ncsc4c3)n2)ccc1OC1CCOCC1. The van der Waals surface area contributed by atoms with Crippen LogP contribution in [0.15, 0.2) is 54.2 Å². The Hall–Kier alpha value is -3.34. The third kappa shape index (κ3) is 4.41. The molecule has 0 N–H and O–H groups in total. The van der Waals surface area contributed by atoms with Gasteiger partial charge in [-0.15, -0.1) is 11.3 Å². The van der Waals surface area contributed by atoms with Crippen LogP contribution in [-0.2, 0) is 11.2 Å². The van der Waals surface area contributed by atoms with Gasteiger partial charge in [0.05, 0.1) is 40.2 Å². The Balaban J connectivity index is 1.37. The first kappa shape index (κ1) is 19.6. The summed E-state index contributed by atoms with van der Waals surface area (Å²) in [6.45, 7) is 1.40. The van der Waals surface area contributed by atoms with E-state index in [0.29, 0.717) is 30.9 Å². The van der Waals surface area contributed by atoms with E-state index in [4.69, 9.17) is 14.5 Å². The molecule has 7 heteroatoms. The molecule has 0 atom stereocenters. The molecule has 4 aromatic rings. The fraction of sp³-hybridized carbons (Fsp3) is 0.250. The molecule has 0 radical (unpaired) electrons. The predicted octanol–water partition coefficient (Wildman–Crippen LogP) is 4.77. The molecule has 1 saturated heterocycles. The van der Waals surface area contributed by atoms with Crippen LogP contribution < -0.4 is 4.74 Å². The Morgan fingerprint density at radius 3 is 2.87 bits per heavy atom. The second kappa shape index (κ2) is 8.80. The largest absolute Gasteiger partial charge is 0.489 e. The summed E-state index contributed by atoms with van der Waals surface area (Å²) < 4.78 is 12.6. The van der Waals surface area contributed by atoms with Crippen molar-refractivity contribution >= 4 is 21.6 Å². The molecule has 0 amide bonds. The van der Waals surface area contributed by atoms with E-state index in [0.717, 1.165) is 45.7 Å². The average molecular weight is 429 g/mol. The van der Waals surface area contributed by atoms with Gasteiger partial charge in [0.1, 0.15) is 23.7 Å². The normalized spacial score (nSPS) is 14.4. The first-order valence-corrected chi connectivity index (χ1v) is 11.1. The summed E-state index contributed by atoms with van der Waals surface area (Å²) in [6, 6.07) is 16.0. The smallest absolute Gasteiger partial charge is 0.137 e. The van der Waals surface area contributed by atoms with Gasteiger partial charge in [-0.1, -0.05) is 6.07 Å². The maximum atomic E-state index is 9.65. The van der Waals surface area contributed by atoms with Crippen molar-refractivity contribution in [1.29, 1.82) is 5.26 Å². The van der Waals surface area contributed by atoms with Gasteiger partial charge < -0.3 is 9.47 Å². The highest BCUT2D eigenvalue weighted by atomic mass is 32.1. The van der Waals surface area contributed by atoms with Crippen LogP contribution in [0.3, 0.4) is 0 Å². The van der Waals surface area contributed by atoms with Gasteiger partial charge in [0.25, 0.3) is 0 Å². The highest BCUT2D eigenvalue weighted by Gasteiger charge is 2.17. The van der Waals surface area contributed by atoms with Gasteiger partial charge in [0.15, 0.2) is 0 Å². The first-order valence-electron chi connectivity index (χ1n) is 10.2. The molecule has 31 heavy (non-hydrogen) atoms. The number of rotatable bonds is 5. The van der Waals surface area contributed by atoms with Gasteiger partial charge in [-0.05, 0) is 42.0 Å². The lowest BCUT2D eigenvalue weighted by molar-refractivity contribution is 0.0254. The van der Waals surface area contributed by atoms with Crippen LogP contribution in [-0.4, -0.2) is 34.3 Å². The third-order valence-electron chi connectivity index (χ3n) is 5.32. The van der Waals surface area contributed by atoms with E-state index < -0.39 is 0 Å². The van der Waals surface area contributed by atoms with Crippen molar-refractivity contribution in [3.63, 3.8) is 0 Å². The van der Waals surface area contributed by atoms with Gasteiger partial charge in [-0.2, -0.15) is 5.26 Å². The zero-order chi connectivity index (χ0) is 21.0. The Labute approximate surface area is 184 Å². The minimum absolute atomic E-state index is 0.0910. The molecule has 1 aliphatic rings. The lowest BCUT2D eigenvalue weighted by atomic mass is 10.1. The summed E-state index contributed by atoms with van der Waals surface area (Å²) in [4.78, 5) is 13.5. The number of fused-ring (bicyclic) bond motifs is 1. The fourth-order valence-corrected chi connectivity index (χ4v) is 4.43. The molecule has 154 valence electrons. The standard InChI is InChI=1S/C24H20N4O2S/c25-14-18-13-17(2-4-22(18)30-19-6-9-29-10-7-19)20-5-8-26-24(28-20)12-16-1-3-21-23(11-16)31-15-27-21/h1-5,8,11,13,15,19H,6-7,9-10,12H2. The van der Waals surface area contributed by atoms with Crippen molar-refractivity contribution in [1.82, 2.24) is 15.0 Å². The van der Waals surface area contributed by atoms with Gasteiger partial charge in [-0.3, -0.25) is 0 Å². The van der Waals surface area contributed by atoms with E-state index in [1.54, 1.807) is 17.5 Å². The van der Waals surface area contributed by atoms with Crippen LogP contribution in [0.25, 0.3) is 21.5 Å². The number of aromatic nitrogens is 3. The second-order valence-electron chi connectivity index (χ2n) is 7.44. The number of nitriles is 1. The lowest BCUT2D eigenvalue weighted by Crippen LogP contribution is -2.26. The van der Waals surface area contributed by atoms with Gasteiger partial charge in [0, 0.05) is 31.0 Å². The molecule has 5 rings (SSSR count). The number of thiazole rings is 1. The van der Waals surface area contributed by atoms with Crippen molar-refractivity contribution in [3.05, 3.63) is 71.1 Å². The van der Waals surface area contributed by atoms with E-state index >= 15 is 0 Å². The number of ether oxygens (including phenoxy) is 2. The topological polar surface area (TPSA) is 80.9 Å². The van der Waals surface area contributed by atoms with Crippen LogP contribution >= 0.6 is 11.3 Å². The number of benzene rings is 2. The van der Waals surface area contributed by atoms with Crippen molar-refractivity contribution < 1.29 is 9.47 Å². The van der Waals surface area contributed by atoms with Gasteiger partial charge in [-0.25, -0.2) is 15.0 Å². The van der Waals surface area contributed by atoms with Crippen LogP contribution in [0.1, 0.15) is 29.8 Å². The van der Waals surface area contributed by atoms with E-state index in [2.05, 4.69) is 28.2 Å². The highest BCUT2D eigenvalue weighted by molar-refractivity contribution is 7.16. The Bertz CT molecular complexity index is 1260.